The lowest BCUT2D eigenvalue weighted by atomic mass is 10.1. The van der Waals surface area contributed by atoms with E-state index >= 15 is 0 Å². The van der Waals surface area contributed by atoms with Crippen LogP contribution in [0.15, 0.2) is 22.7 Å². The first-order valence-corrected chi connectivity index (χ1v) is 8.42. The Kier molecular flexibility index (Phi) is 5.87. The molecule has 3 nitrogen and oxygen atoms in total. The van der Waals surface area contributed by atoms with Crippen LogP contribution in [-0.2, 0) is 6.42 Å². The summed E-state index contributed by atoms with van der Waals surface area (Å²) in [5.74, 6) is 0. The van der Waals surface area contributed by atoms with Crippen molar-refractivity contribution < 1.29 is 0 Å². The molecule has 112 valence electrons. The number of hydrogen-bond acceptors (Lipinski definition) is 3. The summed E-state index contributed by atoms with van der Waals surface area (Å²) in [6, 6.07) is 7.28. The highest BCUT2D eigenvalue weighted by atomic mass is 79.9. The molecule has 0 spiro atoms. The van der Waals surface area contributed by atoms with Crippen molar-refractivity contribution in [1.29, 1.82) is 0 Å². The van der Waals surface area contributed by atoms with E-state index in [4.69, 9.17) is 5.73 Å². The maximum absolute atomic E-state index is 5.75. The van der Waals surface area contributed by atoms with Crippen LogP contribution in [-0.4, -0.2) is 43.7 Å². The second kappa shape index (κ2) is 7.43. The Morgan fingerprint density at radius 3 is 2.55 bits per heavy atom. The van der Waals surface area contributed by atoms with Crippen molar-refractivity contribution in [2.24, 2.45) is 5.73 Å². The summed E-state index contributed by atoms with van der Waals surface area (Å²) in [6.45, 7) is 9.85. The van der Waals surface area contributed by atoms with Gasteiger partial charge in [-0.3, -0.25) is 4.90 Å². The van der Waals surface area contributed by atoms with Gasteiger partial charge in [0.15, 0.2) is 0 Å². The molecular formula is C16H26BrN3. The van der Waals surface area contributed by atoms with Gasteiger partial charge < -0.3 is 10.6 Å². The van der Waals surface area contributed by atoms with Crippen LogP contribution in [0.1, 0.15) is 25.8 Å². The topological polar surface area (TPSA) is 32.5 Å². The molecule has 1 unspecified atom stereocenters. The summed E-state index contributed by atoms with van der Waals surface area (Å²) >= 11 is 3.56. The Morgan fingerprint density at radius 2 is 1.95 bits per heavy atom. The summed E-state index contributed by atoms with van der Waals surface area (Å²) in [5, 5.41) is 0. The van der Waals surface area contributed by atoms with Crippen LogP contribution in [0, 0.1) is 0 Å². The SMILES string of the molecule is CCC(C)N1CCN(c2ccc(Br)cc2CCN)CC1. The maximum Gasteiger partial charge on any atom is 0.0400 e. The van der Waals surface area contributed by atoms with E-state index < -0.39 is 0 Å². The first kappa shape index (κ1) is 15.8. The van der Waals surface area contributed by atoms with Crippen molar-refractivity contribution in [2.45, 2.75) is 32.7 Å². The molecule has 0 bridgehead atoms. The van der Waals surface area contributed by atoms with E-state index in [0.717, 1.165) is 37.1 Å². The quantitative estimate of drug-likeness (QED) is 0.895. The van der Waals surface area contributed by atoms with Gasteiger partial charge in [-0.15, -0.1) is 0 Å². The van der Waals surface area contributed by atoms with E-state index in [1.54, 1.807) is 0 Å². The first-order valence-electron chi connectivity index (χ1n) is 7.63. The molecule has 1 aromatic carbocycles. The van der Waals surface area contributed by atoms with E-state index in [9.17, 15) is 0 Å². The first-order chi connectivity index (χ1) is 9.65. The molecule has 1 saturated heterocycles. The summed E-state index contributed by atoms with van der Waals surface area (Å²) < 4.78 is 1.14. The second-order valence-electron chi connectivity index (χ2n) is 5.59. The number of piperazine rings is 1. The number of nitrogens with zero attached hydrogens (tertiary/aromatic N) is 2. The zero-order valence-corrected chi connectivity index (χ0v) is 14.2. The minimum Gasteiger partial charge on any atom is -0.369 e. The molecule has 1 aliphatic heterocycles. The van der Waals surface area contributed by atoms with Crippen LogP contribution in [0.3, 0.4) is 0 Å². The molecule has 2 rings (SSSR count). The van der Waals surface area contributed by atoms with Crippen LogP contribution in [0.4, 0.5) is 5.69 Å². The Balaban J connectivity index is 2.06. The van der Waals surface area contributed by atoms with E-state index in [0.29, 0.717) is 12.6 Å². The maximum atomic E-state index is 5.75. The lowest BCUT2D eigenvalue weighted by Gasteiger charge is -2.39. The minimum atomic E-state index is 0.700. The van der Waals surface area contributed by atoms with E-state index in [1.165, 1.54) is 17.7 Å². The number of benzene rings is 1. The third-order valence-electron chi connectivity index (χ3n) is 4.32. The largest absolute Gasteiger partial charge is 0.369 e. The number of hydrogen-bond donors (Lipinski definition) is 1. The van der Waals surface area contributed by atoms with Crippen LogP contribution in [0.25, 0.3) is 0 Å². The van der Waals surface area contributed by atoms with Gasteiger partial charge in [-0.1, -0.05) is 22.9 Å². The van der Waals surface area contributed by atoms with Crippen LogP contribution in [0.5, 0.6) is 0 Å². The molecule has 0 amide bonds. The Bertz CT molecular complexity index is 428. The lowest BCUT2D eigenvalue weighted by molar-refractivity contribution is 0.192. The number of halogens is 1. The van der Waals surface area contributed by atoms with Crippen LogP contribution >= 0.6 is 15.9 Å². The highest BCUT2D eigenvalue weighted by Crippen LogP contribution is 2.26. The molecule has 20 heavy (non-hydrogen) atoms. The fourth-order valence-electron chi connectivity index (χ4n) is 2.88. The van der Waals surface area contributed by atoms with Gasteiger partial charge in [0.05, 0.1) is 0 Å². The van der Waals surface area contributed by atoms with Gasteiger partial charge in [0.1, 0.15) is 0 Å². The predicted molar refractivity (Wildman–Crippen MR) is 90.4 cm³/mol. The standard InChI is InChI=1S/C16H26BrN3/c1-3-13(2)19-8-10-20(11-9-19)16-5-4-15(17)12-14(16)6-7-18/h4-5,12-13H,3,6-11,18H2,1-2H3. The highest BCUT2D eigenvalue weighted by molar-refractivity contribution is 9.10. The fourth-order valence-corrected chi connectivity index (χ4v) is 3.29. The van der Waals surface area contributed by atoms with Crippen LogP contribution in [0.2, 0.25) is 0 Å². The molecule has 0 radical (unpaired) electrons. The fraction of sp³-hybridized carbons (Fsp3) is 0.625. The predicted octanol–water partition coefficient (Wildman–Crippen LogP) is 2.87. The molecule has 4 heteroatoms. The average Bonchev–Trinajstić information content (AvgIpc) is 2.47. The molecule has 1 atom stereocenters. The molecule has 1 fully saturated rings. The van der Waals surface area contributed by atoms with Gasteiger partial charge in [0.25, 0.3) is 0 Å². The van der Waals surface area contributed by atoms with Gasteiger partial charge in [-0.05, 0) is 50.1 Å². The summed E-state index contributed by atoms with van der Waals surface area (Å²) in [7, 11) is 0. The van der Waals surface area contributed by atoms with E-state index in [2.05, 4.69) is 57.8 Å². The van der Waals surface area contributed by atoms with Gasteiger partial charge >= 0.3 is 0 Å². The Labute approximate surface area is 131 Å². The summed E-state index contributed by atoms with van der Waals surface area (Å²) in [4.78, 5) is 5.11. The van der Waals surface area contributed by atoms with Crippen molar-refractivity contribution in [3.8, 4) is 0 Å². The lowest BCUT2D eigenvalue weighted by Crippen LogP contribution is -2.49. The third kappa shape index (κ3) is 3.74. The summed E-state index contributed by atoms with van der Waals surface area (Å²) in [5.41, 5.74) is 8.47. The van der Waals surface area contributed by atoms with Crippen molar-refractivity contribution >= 4 is 21.6 Å². The van der Waals surface area contributed by atoms with E-state index in [1.807, 2.05) is 0 Å². The summed E-state index contributed by atoms with van der Waals surface area (Å²) in [6.07, 6.45) is 2.18. The smallest absolute Gasteiger partial charge is 0.0400 e. The van der Waals surface area contributed by atoms with Gasteiger partial charge in [-0.25, -0.2) is 0 Å². The van der Waals surface area contributed by atoms with Crippen molar-refractivity contribution in [3.63, 3.8) is 0 Å². The molecule has 1 heterocycles. The molecular weight excluding hydrogens is 314 g/mol. The number of nitrogens with two attached hydrogens (primary N) is 1. The minimum absolute atomic E-state index is 0.700. The second-order valence-corrected chi connectivity index (χ2v) is 6.51. The van der Waals surface area contributed by atoms with Crippen molar-refractivity contribution in [1.82, 2.24) is 4.90 Å². The monoisotopic (exact) mass is 339 g/mol. The normalized spacial score (nSPS) is 18.3. The van der Waals surface area contributed by atoms with Gasteiger partial charge in [-0.2, -0.15) is 0 Å². The zero-order valence-electron chi connectivity index (χ0n) is 12.6. The highest BCUT2D eigenvalue weighted by Gasteiger charge is 2.21. The molecule has 0 saturated carbocycles. The molecule has 0 aliphatic carbocycles. The molecule has 1 aromatic rings. The van der Waals surface area contributed by atoms with Crippen molar-refractivity contribution in [3.05, 3.63) is 28.2 Å². The van der Waals surface area contributed by atoms with Gasteiger partial charge in [0.2, 0.25) is 0 Å². The Morgan fingerprint density at radius 1 is 1.25 bits per heavy atom. The molecule has 0 aromatic heterocycles. The zero-order chi connectivity index (χ0) is 14.5. The number of rotatable bonds is 5. The number of anilines is 1. The third-order valence-corrected chi connectivity index (χ3v) is 4.82. The molecule has 1 aliphatic rings. The van der Waals surface area contributed by atoms with Crippen molar-refractivity contribution in [2.75, 3.05) is 37.6 Å². The van der Waals surface area contributed by atoms with Crippen LogP contribution < -0.4 is 10.6 Å². The van der Waals surface area contributed by atoms with E-state index in [-0.39, 0.29) is 0 Å². The Hall–Kier alpha value is -0.580. The molecule has 2 N–H and O–H groups in total. The average molecular weight is 340 g/mol. The van der Waals surface area contributed by atoms with Gasteiger partial charge in [0, 0.05) is 42.4 Å².